The molecule has 1 aliphatic rings. The van der Waals surface area contributed by atoms with Gasteiger partial charge in [-0.2, -0.15) is 0 Å². The molecule has 1 fully saturated rings. The van der Waals surface area contributed by atoms with E-state index in [0.717, 1.165) is 12.8 Å². The first-order valence-corrected chi connectivity index (χ1v) is 5.19. The van der Waals surface area contributed by atoms with Crippen LogP contribution in [0.5, 0.6) is 0 Å². The highest BCUT2D eigenvalue weighted by Crippen LogP contribution is 2.17. The number of carboxylic acid groups (broad SMARTS) is 1. The summed E-state index contributed by atoms with van der Waals surface area (Å²) < 4.78 is 0. The molecule has 0 aromatic rings. The fourth-order valence-corrected chi connectivity index (χ4v) is 1.52. The topological polar surface area (TPSA) is 49.3 Å². The summed E-state index contributed by atoms with van der Waals surface area (Å²) in [6.07, 6.45) is 4.75. The summed E-state index contributed by atoms with van der Waals surface area (Å²) >= 11 is 0. The molecule has 0 bridgehead atoms. The standard InChI is InChI=1S/C8H15NO2.C2H6/c1-6(8(10)11)9-7-4-2-3-5-7;1-2/h6-7,9H,2-5H2,1H3,(H,10,11);1-2H3. The van der Waals surface area contributed by atoms with E-state index in [-0.39, 0.29) is 0 Å². The predicted molar refractivity (Wildman–Crippen MR) is 53.8 cm³/mol. The molecule has 1 unspecified atom stereocenters. The largest absolute Gasteiger partial charge is 0.480 e. The predicted octanol–water partition coefficient (Wildman–Crippen LogP) is 2.02. The molecular formula is C10H21NO2. The third-order valence-corrected chi connectivity index (χ3v) is 2.21. The van der Waals surface area contributed by atoms with Crippen molar-refractivity contribution in [2.45, 2.75) is 58.5 Å². The highest BCUT2D eigenvalue weighted by Gasteiger charge is 2.19. The van der Waals surface area contributed by atoms with Gasteiger partial charge in [-0.25, -0.2) is 0 Å². The SMILES string of the molecule is CC.CC(NC1CCCC1)C(=O)O. The lowest BCUT2D eigenvalue weighted by Gasteiger charge is -2.14. The van der Waals surface area contributed by atoms with Crippen molar-refractivity contribution in [2.75, 3.05) is 0 Å². The van der Waals surface area contributed by atoms with Crippen molar-refractivity contribution < 1.29 is 9.90 Å². The Labute approximate surface area is 80.5 Å². The van der Waals surface area contributed by atoms with Crippen LogP contribution in [0.15, 0.2) is 0 Å². The van der Waals surface area contributed by atoms with Crippen molar-refractivity contribution in [3.63, 3.8) is 0 Å². The summed E-state index contributed by atoms with van der Waals surface area (Å²) in [6, 6.07) is 0.0548. The molecular weight excluding hydrogens is 166 g/mol. The number of hydrogen-bond donors (Lipinski definition) is 2. The zero-order chi connectivity index (χ0) is 10.3. The van der Waals surface area contributed by atoms with Crippen LogP contribution in [0.2, 0.25) is 0 Å². The third-order valence-electron chi connectivity index (χ3n) is 2.21. The van der Waals surface area contributed by atoms with E-state index in [9.17, 15) is 4.79 Å². The third kappa shape index (κ3) is 4.88. The monoisotopic (exact) mass is 187 g/mol. The molecule has 1 rings (SSSR count). The molecule has 0 heterocycles. The van der Waals surface area contributed by atoms with Crippen LogP contribution < -0.4 is 5.32 Å². The molecule has 1 atom stereocenters. The van der Waals surface area contributed by atoms with Crippen molar-refractivity contribution in [1.29, 1.82) is 0 Å². The molecule has 0 aliphatic heterocycles. The van der Waals surface area contributed by atoms with E-state index >= 15 is 0 Å². The van der Waals surface area contributed by atoms with Crippen LogP contribution in [0.4, 0.5) is 0 Å². The maximum atomic E-state index is 10.4. The maximum absolute atomic E-state index is 10.4. The minimum Gasteiger partial charge on any atom is -0.480 e. The molecule has 0 aromatic heterocycles. The molecule has 78 valence electrons. The summed E-state index contributed by atoms with van der Waals surface area (Å²) in [6.45, 7) is 5.70. The second-order valence-electron chi connectivity index (χ2n) is 3.21. The van der Waals surface area contributed by atoms with Crippen LogP contribution in [0.3, 0.4) is 0 Å². The van der Waals surface area contributed by atoms with Crippen molar-refractivity contribution in [1.82, 2.24) is 5.32 Å². The first kappa shape index (κ1) is 12.4. The summed E-state index contributed by atoms with van der Waals surface area (Å²) in [4.78, 5) is 10.4. The van der Waals surface area contributed by atoms with Gasteiger partial charge in [-0.15, -0.1) is 0 Å². The number of hydrogen-bond acceptors (Lipinski definition) is 2. The van der Waals surface area contributed by atoms with E-state index in [2.05, 4.69) is 5.32 Å². The van der Waals surface area contributed by atoms with E-state index in [4.69, 9.17) is 5.11 Å². The second kappa shape index (κ2) is 6.89. The van der Waals surface area contributed by atoms with Gasteiger partial charge in [-0.3, -0.25) is 4.79 Å². The molecule has 3 nitrogen and oxygen atoms in total. The van der Waals surface area contributed by atoms with Gasteiger partial charge in [0.25, 0.3) is 0 Å². The van der Waals surface area contributed by atoms with E-state index in [0.29, 0.717) is 6.04 Å². The van der Waals surface area contributed by atoms with Gasteiger partial charge in [-0.1, -0.05) is 26.7 Å². The van der Waals surface area contributed by atoms with Crippen molar-refractivity contribution >= 4 is 5.97 Å². The van der Waals surface area contributed by atoms with Gasteiger partial charge in [0.05, 0.1) is 0 Å². The van der Waals surface area contributed by atoms with Gasteiger partial charge in [0, 0.05) is 6.04 Å². The Morgan fingerprint density at radius 2 is 1.85 bits per heavy atom. The molecule has 1 aliphatic carbocycles. The summed E-state index contributed by atoms with van der Waals surface area (Å²) in [5.41, 5.74) is 0. The second-order valence-corrected chi connectivity index (χ2v) is 3.21. The van der Waals surface area contributed by atoms with Crippen LogP contribution in [-0.4, -0.2) is 23.2 Å². The van der Waals surface area contributed by atoms with Crippen LogP contribution >= 0.6 is 0 Å². The number of nitrogens with one attached hydrogen (secondary N) is 1. The molecule has 2 N–H and O–H groups in total. The summed E-state index contributed by atoms with van der Waals surface area (Å²) in [5, 5.41) is 11.7. The smallest absolute Gasteiger partial charge is 0.320 e. The lowest BCUT2D eigenvalue weighted by Crippen LogP contribution is -2.39. The van der Waals surface area contributed by atoms with Gasteiger partial charge in [-0.05, 0) is 19.8 Å². The Morgan fingerprint density at radius 1 is 1.38 bits per heavy atom. The average Bonchev–Trinajstić information content (AvgIpc) is 2.60. The van der Waals surface area contributed by atoms with E-state index in [1.54, 1.807) is 6.92 Å². The Bertz CT molecular complexity index is 142. The van der Waals surface area contributed by atoms with Gasteiger partial charge in [0.15, 0.2) is 0 Å². The number of rotatable bonds is 3. The lowest BCUT2D eigenvalue weighted by atomic mass is 10.2. The Morgan fingerprint density at radius 3 is 2.23 bits per heavy atom. The number of aliphatic carboxylic acids is 1. The van der Waals surface area contributed by atoms with Crippen molar-refractivity contribution in [2.24, 2.45) is 0 Å². The van der Waals surface area contributed by atoms with Gasteiger partial charge >= 0.3 is 5.97 Å². The minimum absolute atomic E-state index is 0.391. The molecule has 3 heteroatoms. The highest BCUT2D eigenvalue weighted by molar-refractivity contribution is 5.72. The number of carboxylic acids is 1. The Balaban J connectivity index is 0.000000671. The normalized spacial score (nSPS) is 19.0. The van der Waals surface area contributed by atoms with Gasteiger partial charge < -0.3 is 10.4 Å². The molecule has 1 saturated carbocycles. The van der Waals surface area contributed by atoms with E-state index in [1.165, 1.54) is 12.8 Å². The van der Waals surface area contributed by atoms with Crippen molar-refractivity contribution in [3.8, 4) is 0 Å². The van der Waals surface area contributed by atoms with E-state index < -0.39 is 12.0 Å². The highest BCUT2D eigenvalue weighted by atomic mass is 16.4. The fraction of sp³-hybridized carbons (Fsp3) is 0.900. The van der Waals surface area contributed by atoms with Crippen LogP contribution in [0, 0.1) is 0 Å². The van der Waals surface area contributed by atoms with Crippen LogP contribution in [0.25, 0.3) is 0 Å². The first-order chi connectivity index (χ1) is 6.20. The zero-order valence-corrected chi connectivity index (χ0v) is 8.84. The van der Waals surface area contributed by atoms with Crippen molar-refractivity contribution in [3.05, 3.63) is 0 Å². The molecule has 0 aromatic carbocycles. The minimum atomic E-state index is -0.753. The number of carbonyl (C=O) groups is 1. The fourth-order valence-electron chi connectivity index (χ4n) is 1.52. The Hall–Kier alpha value is -0.570. The van der Waals surface area contributed by atoms with Crippen LogP contribution in [0.1, 0.15) is 46.5 Å². The molecule has 13 heavy (non-hydrogen) atoms. The lowest BCUT2D eigenvalue weighted by molar-refractivity contribution is -0.139. The van der Waals surface area contributed by atoms with Gasteiger partial charge in [0.1, 0.15) is 6.04 Å². The summed E-state index contributed by atoms with van der Waals surface area (Å²) in [7, 11) is 0. The quantitative estimate of drug-likeness (QED) is 0.710. The zero-order valence-electron chi connectivity index (χ0n) is 8.84. The van der Waals surface area contributed by atoms with Crippen LogP contribution in [-0.2, 0) is 4.79 Å². The molecule has 0 radical (unpaired) electrons. The molecule has 0 saturated heterocycles. The first-order valence-electron chi connectivity index (χ1n) is 5.19. The maximum Gasteiger partial charge on any atom is 0.320 e. The Kier molecular flexibility index (Phi) is 6.59. The van der Waals surface area contributed by atoms with E-state index in [1.807, 2.05) is 13.8 Å². The molecule has 0 spiro atoms. The molecule has 0 amide bonds. The average molecular weight is 187 g/mol. The van der Waals surface area contributed by atoms with Gasteiger partial charge in [0.2, 0.25) is 0 Å². The summed E-state index contributed by atoms with van der Waals surface area (Å²) in [5.74, 6) is -0.753.